The van der Waals surface area contributed by atoms with E-state index in [2.05, 4.69) is 28.1 Å². The summed E-state index contributed by atoms with van der Waals surface area (Å²) in [7, 11) is 1.72. The van der Waals surface area contributed by atoms with Crippen molar-refractivity contribution in [2.24, 2.45) is 11.8 Å². The van der Waals surface area contributed by atoms with E-state index in [1.165, 1.54) is 5.56 Å². The normalized spacial score (nSPS) is 22.7. The highest BCUT2D eigenvalue weighted by Gasteiger charge is 2.53. The molecule has 1 aliphatic carbocycles. The van der Waals surface area contributed by atoms with Crippen LogP contribution in [0.25, 0.3) is 0 Å². The Balaban J connectivity index is 0.000000263. The molecule has 11 heteroatoms. The van der Waals surface area contributed by atoms with Crippen molar-refractivity contribution < 1.29 is 44.7 Å². The number of likely N-dealkylation sites (tertiary alicyclic amines) is 1. The van der Waals surface area contributed by atoms with E-state index in [9.17, 15) is 19.5 Å². The van der Waals surface area contributed by atoms with Crippen LogP contribution < -0.4 is 4.74 Å². The van der Waals surface area contributed by atoms with Crippen LogP contribution in [0.15, 0.2) is 42.6 Å². The van der Waals surface area contributed by atoms with Crippen LogP contribution in [-0.2, 0) is 26.5 Å². The fraction of sp³-hybridized carbons (Fsp3) is 0.481. The van der Waals surface area contributed by atoms with Crippen molar-refractivity contribution in [3.63, 3.8) is 0 Å². The first-order valence-electron chi connectivity index (χ1n) is 12.3. The quantitative estimate of drug-likeness (QED) is 0.320. The van der Waals surface area contributed by atoms with Gasteiger partial charge in [-0.1, -0.05) is 24.3 Å². The molecule has 0 unspecified atom stereocenters. The van der Waals surface area contributed by atoms with Gasteiger partial charge < -0.3 is 30.3 Å². The van der Waals surface area contributed by atoms with E-state index in [-0.39, 0.29) is 5.92 Å². The average molecular weight is 531 g/mol. The van der Waals surface area contributed by atoms with Crippen LogP contribution in [-0.4, -0.2) is 79.1 Å². The maximum atomic E-state index is 11.4. The van der Waals surface area contributed by atoms with E-state index >= 15 is 0 Å². The first-order chi connectivity index (χ1) is 17.9. The van der Waals surface area contributed by atoms with Crippen LogP contribution in [0.3, 0.4) is 0 Å². The number of aryl methyl sites for hydroxylation is 1. The Morgan fingerprint density at radius 3 is 2.29 bits per heavy atom. The molecule has 3 atom stereocenters. The maximum Gasteiger partial charge on any atom is 0.336 e. The number of hydrogen-bond acceptors (Lipinski definition) is 8. The monoisotopic (exact) mass is 530 g/mol. The minimum absolute atomic E-state index is 0.261. The van der Waals surface area contributed by atoms with Gasteiger partial charge in [0.25, 0.3) is 0 Å². The maximum absolute atomic E-state index is 11.4. The minimum Gasteiger partial charge on any atom is -0.496 e. The van der Waals surface area contributed by atoms with Gasteiger partial charge in [-0.3, -0.25) is 19.5 Å². The van der Waals surface area contributed by atoms with Crippen molar-refractivity contribution in [2.45, 2.75) is 50.4 Å². The van der Waals surface area contributed by atoms with Crippen LogP contribution in [0.4, 0.5) is 0 Å². The van der Waals surface area contributed by atoms with Gasteiger partial charge in [-0.2, -0.15) is 0 Å². The fourth-order valence-corrected chi connectivity index (χ4v) is 5.34. The highest BCUT2D eigenvalue weighted by atomic mass is 16.5. The number of hydrogen-bond donors (Lipinski definition) is 5. The topological polar surface area (TPSA) is 178 Å². The number of carboxylic acid groups (broad SMARTS) is 3. The highest BCUT2D eigenvalue weighted by molar-refractivity contribution is 5.88. The number of aliphatic carboxylic acids is 3. The van der Waals surface area contributed by atoms with E-state index in [4.69, 9.17) is 25.2 Å². The lowest BCUT2D eigenvalue weighted by molar-refractivity contribution is -0.170. The smallest absolute Gasteiger partial charge is 0.336 e. The number of rotatable bonds is 9. The average Bonchev–Trinajstić information content (AvgIpc) is 3.39. The standard InChI is InChI=1S/C21H26N2O2.C6H8O7/c1-15-7-8-20(22-11-15)21(24)10-9-16-12-23(14-18(16)21)13-17-5-3-4-6-19(17)25-2;7-3(8)1-6(13,5(11)12)2-4(9)10/h3-8,11,16,18,24H,9-10,12-14H2,1-2H3;13H,1-2H2,(H,7,8)(H,9,10)(H,11,12)/t16-,18+,21-;/m0./s1. The molecule has 0 bridgehead atoms. The molecule has 11 nitrogen and oxygen atoms in total. The van der Waals surface area contributed by atoms with Crippen LogP contribution in [0.2, 0.25) is 0 Å². The van der Waals surface area contributed by atoms with E-state index in [0.29, 0.717) is 5.92 Å². The number of nitrogens with zero attached hydrogens (tertiary/aromatic N) is 2. The van der Waals surface area contributed by atoms with Crippen molar-refractivity contribution in [1.82, 2.24) is 9.88 Å². The Morgan fingerprint density at radius 2 is 1.74 bits per heavy atom. The lowest BCUT2D eigenvalue weighted by Gasteiger charge is -2.30. The number of para-hydroxylation sites is 1. The number of carbonyl (C=O) groups is 3. The van der Waals surface area contributed by atoms with Gasteiger partial charge in [0.05, 0.1) is 25.6 Å². The summed E-state index contributed by atoms with van der Waals surface area (Å²) < 4.78 is 5.49. The minimum atomic E-state index is -2.74. The van der Waals surface area contributed by atoms with Gasteiger partial charge in [-0.25, -0.2) is 4.79 Å². The second-order valence-electron chi connectivity index (χ2n) is 10.0. The molecular weight excluding hydrogens is 496 g/mol. The lowest BCUT2D eigenvalue weighted by atomic mass is 9.85. The molecule has 2 fully saturated rings. The number of pyridine rings is 1. The number of ether oxygens (including phenoxy) is 1. The van der Waals surface area contributed by atoms with E-state index in [1.807, 2.05) is 31.3 Å². The summed E-state index contributed by atoms with van der Waals surface area (Å²) >= 11 is 0. The molecular formula is C27H34N2O9. The number of carboxylic acids is 3. The van der Waals surface area contributed by atoms with Gasteiger partial charge in [0.15, 0.2) is 5.60 Å². The van der Waals surface area contributed by atoms with E-state index in [0.717, 1.165) is 49.5 Å². The summed E-state index contributed by atoms with van der Waals surface area (Å²) in [5.41, 5.74) is -0.344. The van der Waals surface area contributed by atoms with Crippen LogP contribution in [0.1, 0.15) is 42.5 Å². The molecule has 0 spiro atoms. The van der Waals surface area contributed by atoms with Crippen molar-refractivity contribution in [1.29, 1.82) is 0 Å². The molecule has 1 saturated heterocycles. The molecule has 0 amide bonds. The second-order valence-corrected chi connectivity index (χ2v) is 10.0. The zero-order chi connectivity index (χ0) is 28.1. The van der Waals surface area contributed by atoms with Gasteiger partial charge in [0.2, 0.25) is 0 Å². The van der Waals surface area contributed by atoms with Gasteiger partial charge in [0.1, 0.15) is 11.4 Å². The zero-order valence-electron chi connectivity index (χ0n) is 21.4. The molecule has 2 aromatic rings. The summed E-state index contributed by atoms with van der Waals surface area (Å²) in [4.78, 5) is 37.5. The largest absolute Gasteiger partial charge is 0.496 e. The van der Waals surface area contributed by atoms with Crippen molar-refractivity contribution in [3.8, 4) is 5.75 Å². The Morgan fingerprint density at radius 1 is 1.08 bits per heavy atom. The molecule has 1 aromatic carbocycles. The molecule has 1 aromatic heterocycles. The van der Waals surface area contributed by atoms with Gasteiger partial charge in [-0.15, -0.1) is 0 Å². The van der Waals surface area contributed by atoms with Crippen LogP contribution in [0.5, 0.6) is 5.75 Å². The van der Waals surface area contributed by atoms with Crippen molar-refractivity contribution in [2.75, 3.05) is 20.2 Å². The number of benzene rings is 1. The molecule has 2 aliphatic rings. The molecule has 206 valence electrons. The predicted octanol–water partition coefficient (Wildman–Crippen LogP) is 1.88. The number of fused-ring (bicyclic) bond motifs is 1. The summed E-state index contributed by atoms with van der Waals surface area (Å²) in [6.45, 7) is 4.85. The zero-order valence-corrected chi connectivity index (χ0v) is 21.4. The third-order valence-corrected chi connectivity index (χ3v) is 7.25. The molecule has 0 radical (unpaired) electrons. The van der Waals surface area contributed by atoms with Crippen molar-refractivity contribution in [3.05, 3.63) is 59.4 Å². The first kappa shape index (κ1) is 29.0. The predicted molar refractivity (Wildman–Crippen MR) is 134 cm³/mol. The number of aliphatic hydroxyl groups is 2. The summed E-state index contributed by atoms with van der Waals surface area (Å²) in [5, 5.41) is 45.2. The SMILES string of the molecule is COc1ccccc1CN1C[C@@H]2CC[C@@](O)(c3ccc(C)cn3)[C@@H]2C1.O=C(O)CC(O)(CC(=O)O)C(=O)O. The summed E-state index contributed by atoms with van der Waals surface area (Å²) in [5.74, 6) is -3.27. The third-order valence-electron chi connectivity index (χ3n) is 7.25. The number of aromatic nitrogens is 1. The molecule has 5 N–H and O–H groups in total. The fourth-order valence-electron chi connectivity index (χ4n) is 5.34. The third kappa shape index (κ3) is 6.66. The lowest BCUT2D eigenvalue weighted by Crippen LogP contribution is -2.42. The van der Waals surface area contributed by atoms with Crippen LogP contribution in [0, 0.1) is 18.8 Å². The first-order valence-corrected chi connectivity index (χ1v) is 12.3. The van der Waals surface area contributed by atoms with E-state index < -0.39 is 42.0 Å². The number of methoxy groups -OCH3 is 1. The second kappa shape index (κ2) is 11.9. The highest BCUT2D eigenvalue weighted by Crippen LogP contribution is 2.50. The Hall–Kier alpha value is -3.54. The van der Waals surface area contributed by atoms with Gasteiger partial charge >= 0.3 is 17.9 Å². The molecule has 4 rings (SSSR count). The van der Waals surface area contributed by atoms with Crippen LogP contribution >= 0.6 is 0 Å². The van der Waals surface area contributed by atoms with E-state index in [1.54, 1.807) is 7.11 Å². The van der Waals surface area contributed by atoms with Gasteiger partial charge in [0, 0.05) is 37.3 Å². The summed E-state index contributed by atoms with van der Waals surface area (Å²) in [6, 6.07) is 12.2. The summed E-state index contributed by atoms with van der Waals surface area (Å²) in [6.07, 6.45) is 1.46. The molecule has 1 aliphatic heterocycles. The Labute approximate surface area is 220 Å². The molecule has 38 heavy (non-hydrogen) atoms. The van der Waals surface area contributed by atoms with Crippen molar-refractivity contribution >= 4 is 17.9 Å². The van der Waals surface area contributed by atoms with Gasteiger partial charge in [-0.05, 0) is 43.4 Å². The molecule has 2 heterocycles. The molecule has 1 saturated carbocycles. The Bertz CT molecular complexity index is 1140. The Kier molecular flexibility index (Phi) is 9.08.